The Kier molecular flexibility index (Phi) is 6.74. The van der Waals surface area contributed by atoms with Crippen molar-refractivity contribution in [2.24, 2.45) is 0 Å². The number of carbonyl (C=O) groups is 2. The van der Waals surface area contributed by atoms with Crippen LogP contribution in [0.2, 0.25) is 0 Å². The van der Waals surface area contributed by atoms with Crippen molar-refractivity contribution in [2.45, 2.75) is 13.1 Å². The Morgan fingerprint density at radius 3 is 2.38 bits per heavy atom. The summed E-state index contributed by atoms with van der Waals surface area (Å²) in [4.78, 5) is 26.9. The fourth-order valence-corrected chi connectivity index (χ4v) is 2.97. The molecule has 1 aliphatic heterocycles. The highest BCUT2D eigenvalue weighted by Gasteiger charge is 2.33. The Hall–Kier alpha value is -1.97. The van der Waals surface area contributed by atoms with Gasteiger partial charge in [-0.2, -0.15) is 13.2 Å². The van der Waals surface area contributed by atoms with E-state index in [0.29, 0.717) is 26.2 Å². The molecule has 1 aromatic carbocycles. The maximum atomic E-state index is 12.9. The Balaban J connectivity index is 1.87. The highest BCUT2D eigenvalue weighted by Crippen LogP contribution is 2.36. The van der Waals surface area contributed by atoms with Crippen LogP contribution < -0.4 is 5.32 Å². The SMILES string of the molecule is CCOC(=O)N1CCN(C(=O)CNc2ccc(Br)c(C(F)(F)F)c2)CC1. The molecule has 10 heteroatoms. The van der Waals surface area contributed by atoms with Crippen LogP contribution in [0.5, 0.6) is 0 Å². The van der Waals surface area contributed by atoms with E-state index in [4.69, 9.17) is 4.74 Å². The molecule has 0 unspecified atom stereocenters. The summed E-state index contributed by atoms with van der Waals surface area (Å²) in [5, 5.41) is 2.72. The fraction of sp³-hybridized carbons (Fsp3) is 0.500. The van der Waals surface area contributed by atoms with Gasteiger partial charge >= 0.3 is 12.3 Å². The summed E-state index contributed by atoms with van der Waals surface area (Å²) in [6, 6.07) is 3.70. The van der Waals surface area contributed by atoms with Crippen molar-refractivity contribution in [3.8, 4) is 0 Å². The van der Waals surface area contributed by atoms with E-state index in [2.05, 4.69) is 21.2 Å². The van der Waals surface area contributed by atoms with Gasteiger partial charge in [0.1, 0.15) is 0 Å². The van der Waals surface area contributed by atoms with Gasteiger partial charge in [-0.05, 0) is 25.1 Å². The third kappa shape index (κ3) is 5.26. The van der Waals surface area contributed by atoms with Crippen LogP contribution in [0.25, 0.3) is 0 Å². The maximum Gasteiger partial charge on any atom is 0.417 e. The average molecular weight is 438 g/mol. The minimum atomic E-state index is -4.48. The summed E-state index contributed by atoms with van der Waals surface area (Å²) in [7, 11) is 0. The minimum absolute atomic E-state index is 0.0584. The van der Waals surface area contributed by atoms with E-state index in [1.165, 1.54) is 17.0 Å². The van der Waals surface area contributed by atoms with E-state index >= 15 is 0 Å². The summed E-state index contributed by atoms with van der Waals surface area (Å²) in [6.07, 6.45) is -4.89. The number of nitrogens with zero attached hydrogens (tertiary/aromatic N) is 2. The molecule has 2 amide bonds. The van der Waals surface area contributed by atoms with Gasteiger partial charge in [-0.25, -0.2) is 4.79 Å². The van der Waals surface area contributed by atoms with E-state index in [1.54, 1.807) is 11.8 Å². The van der Waals surface area contributed by atoms with Crippen LogP contribution in [0.15, 0.2) is 22.7 Å². The Morgan fingerprint density at radius 2 is 1.81 bits per heavy atom. The average Bonchev–Trinajstić information content (AvgIpc) is 2.60. The molecule has 0 spiro atoms. The molecule has 1 N–H and O–H groups in total. The van der Waals surface area contributed by atoms with Crippen molar-refractivity contribution < 1.29 is 27.5 Å². The van der Waals surface area contributed by atoms with Crippen LogP contribution in [-0.4, -0.2) is 61.1 Å². The number of ether oxygens (including phenoxy) is 1. The van der Waals surface area contributed by atoms with Crippen molar-refractivity contribution in [3.63, 3.8) is 0 Å². The van der Waals surface area contributed by atoms with Crippen molar-refractivity contribution >= 4 is 33.6 Å². The van der Waals surface area contributed by atoms with Gasteiger partial charge in [-0.15, -0.1) is 0 Å². The molecule has 0 saturated carbocycles. The van der Waals surface area contributed by atoms with Gasteiger partial charge in [0.05, 0.1) is 18.7 Å². The highest BCUT2D eigenvalue weighted by atomic mass is 79.9. The number of nitrogens with one attached hydrogen (secondary N) is 1. The second-order valence-corrected chi connectivity index (χ2v) is 6.47. The van der Waals surface area contributed by atoms with Crippen LogP contribution in [0.4, 0.5) is 23.7 Å². The number of alkyl halides is 3. The fourth-order valence-electron chi connectivity index (χ4n) is 2.50. The van der Waals surface area contributed by atoms with Crippen LogP contribution in [0, 0.1) is 0 Å². The van der Waals surface area contributed by atoms with Crippen molar-refractivity contribution in [2.75, 3.05) is 44.6 Å². The topological polar surface area (TPSA) is 61.9 Å². The lowest BCUT2D eigenvalue weighted by Crippen LogP contribution is -2.51. The number of carbonyl (C=O) groups excluding carboxylic acids is 2. The third-order valence-electron chi connectivity index (χ3n) is 3.87. The molecule has 1 aliphatic rings. The number of rotatable bonds is 4. The first-order valence-electron chi connectivity index (χ1n) is 8.02. The molecule has 1 aromatic rings. The molecule has 26 heavy (non-hydrogen) atoms. The van der Waals surface area contributed by atoms with Gasteiger partial charge in [0.25, 0.3) is 0 Å². The lowest BCUT2D eigenvalue weighted by molar-refractivity contribution is -0.138. The molecule has 0 radical (unpaired) electrons. The number of halogens is 4. The molecule has 0 aromatic heterocycles. The van der Waals surface area contributed by atoms with Crippen LogP contribution >= 0.6 is 15.9 Å². The van der Waals surface area contributed by atoms with E-state index < -0.39 is 17.8 Å². The number of piperazine rings is 1. The first-order chi connectivity index (χ1) is 12.2. The number of amides is 2. The monoisotopic (exact) mass is 437 g/mol. The summed E-state index contributed by atoms with van der Waals surface area (Å²) in [6.45, 7) is 3.31. The van der Waals surface area contributed by atoms with Gasteiger partial charge < -0.3 is 19.9 Å². The predicted octanol–water partition coefficient (Wildman–Crippen LogP) is 3.18. The Morgan fingerprint density at radius 1 is 1.19 bits per heavy atom. The molecular weight excluding hydrogens is 419 g/mol. The summed E-state index contributed by atoms with van der Waals surface area (Å²) < 4.78 is 43.5. The van der Waals surface area contributed by atoms with E-state index in [0.717, 1.165) is 6.07 Å². The van der Waals surface area contributed by atoms with E-state index in [9.17, 15) is 22.8 Å². The minimum Gasteiger partial charge on any atom is -0.450 e. The molecule has 6 nitrogen and oxygen atoms in total. The van der Waals surface area contributed by atoms with Gasteiger partial charge in [0.15, 0.2) is 0 Å². The van der Waals surface area contributed by atoms with E-state index in [1.807, 2.05) is 0 Å². The van der Waals surface area contributed by atoms with Gasteiger partial charge in [-0.1, -0.05) is 15.9 Å². The van der Waals surface area contributed by atoms with Crippen molar-refractivity contribution in [1.29, 1.82) is 0 Å². The lowest BCUT2D eigenvalue weighted by atomic mass is 10.2. The summed E-state index contributed by atoms with van der Waals surface area (Å²) in [5.41, 5.74) is -0.600. The Bertz CT molecular complexity index is 662. The smallest absolute Gasteiger partial charge is 0.417 e. The zero-order valence-corrected chi connectivity index (χ0v) is 15.7. The molecule has 1 heterocycles. The Labute approximate surface area is 157 Å². The maximum absolute atomic E-state index is 12.9. The molecule has 144 valence electrons. The lowest BCUT2D eigenvalue weighted by Gasteiger charge is -2.34. The largest absolute Gasteiger partial charge is 0.450 e. The molecule has 0 aliphatic carbocycles. The van der Waals surface area contributed by atoms with Crippen LogP contribution in [0.3, 0.4) is 0 Å². The quantitative estimate of drug-likeness (QED) is 0.785. The van der Waals surface area contributed by atoms with Crippen LogP contribution in [0.1, 0.15) is 12.5 Å². The molecule has 1 saturated heterocycles. The highest BCUT2D eigenvalue weighted by molar-refractivity contribution is 9.10. The van der Waals surface area contributed by atoms with Gasteiger partial charge in [0.2, 0.25) is 5.91 Å². The third-order valence-corrected chi connectivity index (χ3v) is 4.57. The number of hydrogen-bond acceptors (Lipinski definition) is 4. The van der Waals surface area contributed by atoms with Crippen LogP contribution in [-0.2, 0) is 15.7 Å². The molecule has 0 atom stereocenters. The molecule has 0 bridgehead atoms. The zero-order valence-electron chi connectivity index (χ0n) is 14.1. The number of anilines is 1. The summed E-state index contributed by atoms with van der Waals surface area (Å²) in [5.74, 6) is -0.245. The van der Waals surface area contributed by atoms with Crippen molar-refractivity contribution in [1.82, 2.24) is 9.80 Å². The molecule has 2 rings (SSSR count). The summed E-state index contributed by atoms with van der Waals surface area (Å²) >= 11 is 2.87. The first kappa shape index (κ1) is 20.3. The van der Waals surface area contributed by atoms with E-state index in [-0.39, 0.29) is 29.2 Å². The first-order valence-corrected chi connectivity index (χ1v) is 8.81. The van der Waals surface area contributed by atoms with Gasteiger partial charge in [-0.3, -0.25) is 4.79 Å². The second kappa shape index (κ2) is 8.61. The normalized spacial score (nSPS) is 15.0. The predicted molar refractivity (Wildman–Crippen MR) is 92.8 cm³/mol. The zero-order chi connectivity index (χ0) is 19.3. The molecular formula is C16H19BrF3N3O3. The standard InChI is InChI=1S/C16H19BrF3N3O3/c1-2-26-15(25)23-7-5-22(6-8-23)14(24)10-21-11-3-4-13(17)12(9-11)16(18,19)20/h3-4,9,21H,2,5-8,10H2,1H3. The van der Waals surface area contributed by atoms with Gasteiger partial charge in [0, 0.05) is 36.3 Å². The second-order valence-electron chi connectivity index (χ2n) is 5.61. The van der Waals surface area contributed by atoms with Crippen molar-refractivity contribution in [3.05, 3.63) is 28.2 Å². The number of hydrogen-bond donors (Lipinski definition) is 1. The molecule has 1 fully saturated rings. The number of benzene rings is 1.